The highest BCUT2D eigenvalue weighted by molar-refractivity contribution is 5.76. The van der Waals surface area contributed by atoms with Crippen LogP contribution >= 0.6 is 0 Å². The van der Waals surface area contributed by atoms with E-state index >= 15 is 0 Å². The molecular formula is C21H34N2O3. The van der Waals surface area contributed by atoms with Gasteiger partial charge in [-0.2, -0.15) is 0 Å². The quantitative estimate of drug-likeness (QED) is 0.569. The average Bonchev–Trinajstić information content (AvgIpc) is 3.31. The number of rotatable bonds is 3. The normalized spacial score (nSPS) is 51.3. The Morgan fingerprint density at radius 1 is 1.19 bits per heavy atom. The van der Waals surface area contributed by atoms with Crippen LogP contribution in [0, 0.1) is 23.2 Å². The summed E-state index contributed by atoms with van der Waals surface area (Å²) in [4.78, 5) is 17.7. The number of hydrogen-bond acceptors (Lipinski definition) is 5. The van der Waals surface area contributed by atoms with Gasteiger partial charge < -0.3 is 14.4 Å². The molecule has 5 fully saturated rings. The van der Waals surface area contributed by atoms with Gasteiger partial charge in [-0.3, -0.25) is 9.69 Å². The molecule has 5 aliphatic rings. The lowest BCUT2D eigenvalue weighted by Crippen LogP contribution is -2.55. The molecule has 0 N–H and O–H groups in total. The first kappa shape index (κ1) is 17.4. The van der Waals surface area contributed by atoms with E-state index in [1.54, 1.807) is 0 Å². The Balaban J connectivity index is 1.34. The molecule has 0 aromatic heterocycles. The molecule has 0 bridgehead atoms. The van der Waals surface area contributed by atoms with Crippen molar-refractivity contribution in [3.63, 3.8) is 0 Å². The van der Waals surface area contributed by atoms with Gasteiger partial charge in [-0.1, -0.05) is 27.2 Å². The standard InChI is InChI=1S/C21H34N2O3/c1-4-22-8-10-23(11-9-22)13-15-17-16(25-19(15)24)12-20(3)7-5-6-14(2)21(20)18(17)26-21/h14-18H,4-13H2,1-3H3/t14-,15-,16+,17+,18+,20+,21+/m0/s1. The topological polar surface area (TPSA) is 45.3 Å². The maximum atomic E-state index is 12.8. The van der Waals surface area contributed by atoms with Gasteiger partial charge in [0.1, 0.15) is 11.7 Å². The summed E-state index contributed by atoms with van der Waals surface area (Å²) >= 11 is 0. The number of ether oxygens (including phenoxy) is 2. The highest BCUT2D eigenvalue weighted by Gasteiger charge is 2.78. The monoisotopic (exact) mass is 362 g/mol. The van der Waals surface area contributed by atoms with Crippen LogP contribution in [0.5, 0.6) is 0 Å². The first-order valence-corrected chi connectivity index (χ1v) is 10.8. The van der Waals surface area contributed by atoms with Gasteiger partial charge >= 0.3 is 5.97 Å². The molecule has 2 saturated carbocycles. The molecule has 5 heteroatoms. The van der Waals surface area contributed by atoms with Crippen molar-refractivity contribution in [3.8, 4) is 0 Å². The second-order valence-electron chi connectivity index (χ2n) is 9.78. The fraction of sp³-hybridized carbons (Fsp3) is 0.952. The number of esters is 1. The zero-order chi connectivity index (χ0) is 18.1. The highest BCUT2D eigenvalue weighted by atomic mass is 16.6. The molecule has 26 heavy (non-hydrogen) atoms. The summed E-state index contributed by atoms with van der Waals surface area (Å²) in [5.74, 6) is 0.937. The summed E-state index contributed by atoms with van der Waals surface area (Å²) in [5.41, 5.74) is 0.220. The summed E-state index contributed by atoms with van der Waals surface area (Å²) in [6.45, 7) is 13.3. The van der Waals surface area contributed by atoms with E-state index in [-0.39, 0.29) is 41.0 Å². The Kier molecular flexibility index (Phi) is 3.97. The molecule has 0 aromatic rings. The van der Waals surface area contributed by atoms with Crippen LogP contribution in [0.25, 0.3) is 0 Å². The molecule has 146 valence electrons. The number of epoxide rings is 1. The van der Waals surface area contributed by atoms with Crippen molar-refractivity contribution < 1.29 is 14.3 Å². The molecule has 3 heterocycles. The Labute approximate surface area is 157 Å². The number of piperazine rings is 1. The van der Waals surface area contributed by atoms with Gasteiger partial charge in [0.2, 0.25) is 0 Å². The van der Waals surface area contributed by atoms with Crippen molar-refractivity contribution in [3.05, 3.63) is 0 Å². The molecule has 1 spiro atoms. The molecule has 5 rings (SSSR count). The molecule has 0 amide bonds. The van der Waals surface area contributed by atoms with Crippen molar-refractivity contribution >= 4 is 5.97 Å². The number of carbonyl (C=O) groups excluding carboxylic acids is 1. The van der Waals surface area contributed by atoms with Crippen LogP contribution in [0.1, 0.15) is 46.5 Å². The smallest absolute Gasteiger partial charge is 0.311 e. The molecule has 0 radical (unpaired) electrons. The van der Waals surface area contributed by atoms with Gasteiger partial charge in [0.05, 0.1) is 12.0 Å². The van der Waals surface area contributed by atoms with Gasteiger partial charge in [0, 0.05) is 44.1 Å². The fourth-order valence-electron chi connectivity index (χ4n) is 7.01. The maximum Gasteiger partial charge on any atom is 0.311 e. The second kappa shape index (κ2) is 5.92. The van der Waals surface area contributed by atoms with Gasteiger partial charge in [0.15, 0.2) is 0 Å². The highest BCUT2D eigenvalue weighted by Crippen LogP contribution is 2.70. The summed E-state index contributed by atoms with van der Waals surface area (Å²) < 4.78 is 12.5. The first-order chi connectivity index (χ1) is 12.5. The van der Waals surface area contributed by atoms with Crippen LogP contribution in [-0.4, -0.2) is 72.8 Å². The lowest BCUT2D eigenvalue weighted by atomic mass is 9.53. The Hall–Kier alpha value is -0.650. The molecule has 5 nitrogen and oxygen atoms in total. The van der Waals surface area contributed by atoms with E-state index in [0.29, 0.717) is 5.92 Å². The Morgan fingerprint density at radius 2 is 1.92 bits per heavy atom. The minimum atomic E-state index is 0.0104. The SMILES string of the molecule is CCN1CCN(C[C@@H]2C(=O)O[C@@H]3C[C@@]4(C)CCC[C@H](C)[C@]45O[C@@H]5[C@H]23)CC1. The third-order valence-electron chi connectivity index (χ3n) is 8.56. The van der Waals surface area contributed by atoms with Crippen LogP contribution in [-0.2, 0) is 14.3 Å². The molecule has 0 unspecified atom stereocenters. The largest absolute Gasteiger partial charge is 0.462 e. The molecule has 0 aromatic carbocycles. The van der Waals surface area contributed by atoms with Crippen LogP contribution < -0.4 is 0 Å². The molecule has 3 saturated heterocycles. The lowest BCUT2D eigenvalue weighted by molar-refractivity contribution is -0.146. The van der Waals surface area contributed by atoms with Gasteiger partial charge in [-0.25, -0.2) is 0 Å². The van der Waals surface area contributed by atoms with Crippen LogP contribution in [0.3, 0.4) is 0 Å². The third kappa shape index (κ3) is 2.29. The van der Waals surface area contributed by atoms with Crippen molar-refractivity contribution in [1.29, 1.82) is 0 Å². The predicted molar refractivity (Wildman–Crippen MR) is 98.8 cm³/mol. The summed E-state index contributed by atoms with van der Waals surface area (Å²) in [6, 6.07) is 0. The molecular weight excluding hydrogens is 328 g/mol. The van der Waals surface area contributed by atoms with Gasteiger partial charge in [0.25, 0.3) is 0 Å². The first-order valence-electron chi connectivity index (χ1n) is 10.8. The Morgan fingerprint density at radius 3 is 2.65 bits per heavy atom. The van der Waals surface area contributed by atoms with E-state index < -0.39 is 0 Å². The number of likely N-dealkylation sites (N-methyl/N-ethyl adjacent to an activating group) is 1. The van der Waals surface area contributed by atoms with Crippen molar-refractivity contribution in [1.82, 2.24) is 9.80 Å². The van der Waals surface area contributed by atoms with E-state index in [4.69, 9.17) is 9.47 Å². The van der Waals surface area contributed by atoms with E-state index in [9.17, 15) is 4.79 Å². The molecule has 7 atom stereocenters. The third-order valence-corrected chi connectivity index (χ3v) is 8.56. The molecule has 3 aliphatic heterocycles. The minimum absolute atomic E-state index is 0.0104. The van der Waals surface area contributed by atoms with E-state index in [2.05, 4.69) is 30.6 Å². The van der Waals surface area contributed by atoms with E-state index in [1.165, 1.54) is 19.3 Å². The zero-order valence-corrected chi connectivity index (χ0v) is 16.6. The summed E-state index contributed by atoms with van der Waals surface area (Å²) in [5, 5.41) is 0. The van der Waals surface area contributed by atoms with Crippen LogP contribution in [0.4, 0.5) is 0 Å². The number of carbonyl (C=O) groups is 1. The van der Waals surface area contributed by atoms with Gasteiger partial charge in [-0.15, -0.1) is 0 Å². The number of hydrogen-bond donors (Lipinski definition) is 0. The summed E-state index contributed by atoms with van der Waals surface area (Å²) in [7, 11) is 0. The second-order valence-corrected chi connectivity index (χ2v) is 9.78. The van der Waals surface area contributed by atoms with Gasteiger partial charge in [-0.05, 0) is 31.7 Å². The summed E-state index contributed by atoms with van der Waals surface area (Å²) in [6.07, 6.45) is 5.10. The Bertz CT molecular complexity index is 590. The average molecular weight is 363 g/mol. The minimum Gasteiger partial charge on any atom is -0.462 e. The van der Waals surface area contributed by atoms with E-state index in [0.717, 1.165) is 45.7 Å². The predicted octanol–water partition coefficient (Wildman–Crippen LogP) is 2.15. The van der Waals surface area contributed by atoms with Crippen molar-refractivity contribution in [2.45, 2.75) is 64.3 Å². The zero-order valence-electron chi connectivity index (χ0n) is 16.6. The van der Waals surface area contributed by atoms with Crippen LogP contribution in [0.2, 0.25) is 0 Å². The van der Waals surface area contributed by atoms with E-state index in [1.807, 2.05) is 0 Å². The van der Waals surface area contributed by atoms with Crippen molar-refractivity contribution in [2.24, 2.45) is 23.2 Å². The molecule has 2 aliphatic carbocycles. The van der Waals surface area contributed by atoms with Crippen LogP contribution in [0.15, 0.2) is 0 Å². The fourth-order valence-corrected chi connectivity index (χ4v) is 7.01. The lowest BCUT2D eigenvalue weighted by Gasteiger charge is -2.49. The van der Waals surface area contributed by atoms with Crippen molar-refractivity contribution in [2.75, 3.05) is 39.3 Å². The maximum absolute atomic E-state index is 12.8. The number of fused-ring (bicyclic) bond motifs is 2. The number of nitrogens with zero attached hydrogens (tertiary/aromatic N) is 2.